The number of hydrogen-bond acceptors (Lipinski definition) is 25. The van der Waals surface area contributed by atoms with Gasteiger partial charge in [0.05, 0.1) is 72.2 Å². The van der Waals surface area contributed by atoms with Crippen LogP contribution in [0.3, 0.4) is 0 Å². The van der Waals surface area contributed by atoms with Gasteiger partial charge < -0.3 is 27.7 Å². The summed E-state index contributed by atoms with van der Waals surface area (Å²) in [6, 6.07) is 21.7. The minimum atomic E-state index is -0.395. The van der Waals surface area contributed by atoms with Gasteiger partial charge in [-0.2, -0.15) is 39.9 Å². The maximum atomic E-state index is 13.4. The minimum Gasteiger partial charge on any atom is -0.496 e. The summed E-state index contributed by atoms with van der Waals surface area (Å²) in [7, 11) is 1.55. The summed E-state index contributed by atoms with van der Waals surface area (Å²) in [6.45, 7) is 15.6. The van der Waals surface area contributed by atoms with Crippen molar-refractivity contribution in [3.8, 4) is 5.75 Å². The van der Waals surface area contributed by atoms with E-state index >= 15 is 0 Å². The van der Waals surface area contributed by atoms with Gasteiger partial charge in [-0.3, -0.25) is 77.3 Å². The highest BCUT2D eigenvalue weighted by Crippen LogP contribution is 2.31. The van der Waals surface area contributed by atoms with E-state index < -0.39 is 5.69 Å². The highest BCUT2D eigenvalue weighted by Gasteiger charge is 2.32. The van der Waals surface area contributed by atoms with Crippen LogP contribution in [0, 0.1) is 59.0 Å². The fraction of sp³-hybridized carbons (Fsp3) is 0.221. The van der Waals surface area contributed by atoms with E-state index in [0.717, 1.165) is 54.8 Å². The summed E-state index contributed by atoms with van der Waals surface area (Å²) in [6.07, 6.45) is 12.8. The van der Waals surface area contributed by atoms with E-state index in [4.69, 9.17) is 85.7 Å². The number of nitrogens with two attached hydrogens (primary N) is 4. The van der Waals surface area contributed by atoms with Gasteiger partial charge in [-0.05, 0) is 142 Å². The number of anilines is 4. The molecule has 0 aliphatic rings. The third-order valence-electron chi connectivity index (χ3n) is 19.8. The van der Waals surface area contributed by atoms with Gasteiger partial charge in [0.25, 0.3) is 22.8 Å². The van der Waals surface area contributed by atoms with Gasteiger partial charge in [0, 0.05) is 85.1 Å². The number of pyridine rings is 8. The smallest absolute Gasteiger partial charge is 0.331 e. The van der Waals surface area contributed by atoms with Crippen molar-refractivity contribution < 1.29 is 44.5 Å². The number of aromatic nitrogens is 24. The molecule has 0 aliphatic carbocycles. The normalized spacial score (nSPS) is 11.3. The molecule has 0 bridgehead atoms. The lowest BCUT2D eigenvalue weighted by Crippen LogP contribution is -2.39. The van der Waals surface area contributed by atoms with Crippen LogP contribution in [-0.2, 0) is 52.4 Å². The predicted octanol–water partition coefficient (Wildman–Crippen LogP) is 7.88. The second-order valence-corrected chi connectivity index (χ2v) is 31.4. The number of methoxy groups -OCH3 is 1. The molecule has 0 aliphatic heterocycles. The molecule has 622 valence electrons. The number of rotatable bonds is 17. The molecule has 121 heavy (non-hydrogen) atoms. The lowest BCUT2D eigenvalue weighted by molar-refractivity contribution is -0.910. The molecule has 0 spiro atoms. The number of imidazole rings is 4. The fourth-order valence-corrected chi connectivity index (χ4v) is 15.9. The summed E-state index contributed by atoms with van der Waals surface area (Å²) in [5.41, 5.74) is 35.1. The zero-order valence-electron chi connectivity index (χ0n) is 65.7. The summed E-state index contributed by atoms with van der Waals surface area (Å²) in [5, 5.41) is 42.6. The van der Waals surface area contributed by atoms with Crippen LogP contribution in [0.2, 0.25) is 25.6 Å². The Morgan fingerprint density at radius 1 is 0.372 bits per heavy atom. The quantitative estimate of drug-likeness (QED) is 0.0186. The van der Waals surface area contributed by atoms with Crippen LogP contribution in [0.1, 0.15) is 90.1 Å². The van der Waals surface area contributed by atoms with Gasteiger partial charge in [0.15, 0.2) is 43.2 Å². The van der Waals surface area contributed by atoms with Gasteiger partial charge in [-0.25, -0.2) is 19.2 Å². The van der Waals surface area contributed by atoms with E-state index in [1.54, 1.807) is 94.5 Å². The lowest BCUT2D eigenvalue weighted by Gasteiger charge is -2.09. The Bertz CT molecular complexity index is 6520. The summed E-state index contributed by atoms with van der Waals surface area (Å²) in [4.78, 5) is 104. The average molecular weight is 1920 g/mol. The van der Waals surface area contributed by atoms with Crippen LogP contribution in [0.5, 0.6) is 5.75 Å². The van der Waals surface area contributed by atoms with Crippen LogP contribution in [0.15, 0.2) is 146 Å². The molecule has 37 nitrogen and oxygen atoms in total. The van der Waals surface area contributed by atoms with E-state index in [9.17, 15) is 40.0 Å². The van der Waals surface area contributed by atoms with Gasteiger partial charge in [-0.15, -0.1) is 0 Å². The summed E-state index contributed by atoms with van der Waals surface area (Å²) >= 11 is 37.5. The van der Waals surface area contributed by atoms with Crippen molar-refractivity contribution >= 4 is 165 Å². The van der Waals surface area contributed by atoms with Gasteiger partial charge in [-0.1, -0.05) is 82.3 Å². The molecular formula is C77H75BrCl5IN28O9+4. The van der Waals surface area contributed by atoms with Crippen molar-refractivity contribution in [1.82, 2.24) is 96.3 Å². The van der Waals surface area contributed by atoms with Crippen molar-refractivity contribution in [1.29, 1.82) is 0 Å². The second kappa shape index (κ2) is 35.8. The molecule has 0 saturated carbocycles. The molecule has 0 aromatic carbocycles. The van der Waals surface area contributed by atoms with Crippen LogP contribution < -0.4 is 69.4 Å². The van der Waals surface area contributed by atoms with Crippen LogP contribution >= 0.6 is 96.5 Å². The van der Waals surface area contributed by atoms with Gasteiger partial charge >= 0.3 is 22.8 Å². The van der Waals surface area contributed by atoms with E-state index in [2.05, 4.69) is 98.3 Å². The molecule has 44 heteroatoms. The topological polar surface area (TPSA) is 472 Å². The zero-order valence-corrected chi connectivity index (χ0v) is 73.2. The summed E-state index contributed by atoms with van der Waals surface area (Å²) < 4.78 is 22.7. The van der Waals surface area contributed by atoms with Crippen molar-refractivity contribution in [2.45, 2.75) is 108 Å². The molecule has 16 aromatic rings. The molecule has 0 radical (unpaired) electrons. The van der Waals surface area contributed by atoms with Crippen LogP contribution in [0.4, 0.5) is 23.8 Å². The monoisotopic (exact) mass is 1920 g/mol. The first kappa shape index (κ1) is 86.3. The Morgan fingerprint density at radius 3 is 0.942 bits per heavy atom. The molecule has 0 fully saturated rings. The first-order valence-corrected chi connectivity index (χ1v) is 40.1. The summed E-state index contributed by atoms with van der Waals surface area (Å²) in [5.74, 6) is 0.416. The second-order valence-electron chi connectivity index (χ2n) is 27.7. The zero-order chi connectivity index (χ0) is 87.0. The number of fused-ring (bicyclic) bond motifs is 4. The Kier molecular flexibility index (Phi) is 25.5. The van der Waals surface area contributed by atoms with Crippen LogP contribution in [0.25, 0.3) is 44.7 Å². The van der Waals surface area contributed by atoms with Gasteiger partial charge in [0.1, 0.15) is 54.0 Å². The van der Waals surface area contributed by atoms with E-state index in [1.807, 2.05) is 77.9 Å². The maximum absolute atomic E-state index is 13.4. The van der Waals surface area contributed by atoms with Gasteiger partial charge in [0.2, 0.25) is 48.6 Å². The minimum absolute atomic E-state index is 0.000330. The molecule has 0 amide bonds. The molecule has 12 N–H and O–H groups in total. The van der Waals surface area contributed by atoms with E-state index in [0.29, 0.717) is 101 Å². The lowest BCUT2D eigenvalue weighted by atomic mass is 10.1. The molecular weight excluding hydrogens is 1850 g/mol. The maximum Gasteiger partial charge on any atom is 0.331 e. The number of nitrogens with zero attached hydrogens (tertiary/aromatic N) is 24. The SMILES string of the molecule is COc1c(C)c[n+](O)c(Cn2c(=O)n(Cc3ccccn3)c3c(Cl)nc(N)nc32)c1C.Cc1c[n+](O)c(Cn2c(=O)n(Cc3ccccn3)c3c(Cl)nc(N)nc32)c(C)c1Br.Cc1c[n+](O)c(Cn2c(=O)n(Cc3ccccn3)c3c(Cl)nc(N)nc32)c(C)c1Cl.Cc1c[n+](O)c(Cn2c(=O)n(Cc3ccccn3)c3c(Cl)nc(N)nc32)c(C)c1I. The molecule has 0 unspecified atom stereocenters. The number of aryl methyl sites for hydroxylation is 4. The average Bonchev–Trinajstić information content (AvgIpc) is 1.62. The third kappa shape index (κ3) is 17.5. The number of halogens is 7. The first-order chi connectivity index (χ1) is 57.6. The predicted molar refractivity (Wildman–Crippen MR) is 460 cm³/mol. The molecule has 0 atom stereocenters. The van der Waals surface area contributed by atoms with Crippen molar-refractivity contribution in [2.24, 2.45) is 0 Å². The number of hydrogen-bond donors (Lipinski definition) is 8. The third-order valence-corrected chi connectivity index (χ3v) is 24.3. The number of nitrogen functional groups attached to an aromatic ring is 4. The standard InChI is InChI=1S/C20H21ClN7O3.C19H18BrClN7O2.C19H18Cl2N7O2.C19H18ClIN7O2/c1-11-8-28(30)14(12(2)16(11)31-3)10-27-18-15(17(21)24-19(22)25-18)26(20(27)29)9-13-6-4-5-7-23-13;2*1-10-7-28(30)13(11(2)14(10)20)9-27-17-15(16(21)24-18(22)25-17)26(19(27)29)8-12-5-3-4-6-23-12;1-10-7-28(30)13(11(2)14(10)21)9-27-17-15(16(20)24-18(22)25-17)26(19(27)29)8-12-5-3-4-6-23-12/h4-8,30H,9-10H2,1-3H3,(H2,22,24,25);3*3-7,30H,8-9H2,1-2H3,(H2,22,24,25)/q4*+1. The Balaban J connectivity index is 0.000000139. The van der Waals surface area contributed by atoms with Crippen molar-refractivity contribution in [3.63, 3.8) is 0 Å². The molecule has 0 saturated heterocycles. The first-order valence-electron chi connectivity index (χ1n) is 36.4. The Morgan fingerprint density at radius 2 is 0.645 bits per heavy atom. The molecule has 16 heterocycles. The number of ether oxygens (including phenoxy) is 1. The highest BCUT2D eigenvalue weighted by molar-refractivity contribution is 14.1. The fourth-order valence-electron chi connectivity index (χ4n) is 13.8. The largest absolute Gasteiger partial charge is 0.496 e. The van der Waals surface area contributed by atoms with Crippen LogP contribution in [-0.4, -0.2) is 124 Å². The van der Waals surface area contributed by atoms with E-state index in [1.165, 1.54) is 48.9 Å². The molecule has 16 rings (SSSR count). The highest BCUT2D eigenvalue weighted by atomic mass is 127. The van der Waals surface area contributed by atoms with Crippen molar-refractivity contribution in [3.05, 3.63) is 288 Å². The van der Waals surface area contributed by atoms with E-state index in [-0.39, 0.29) is 131 Å². The Labute approximate surface area is 732 Å². The Hall–Kier alpha value is -12.5. The van der Waals surface area contributed by atoms with Crippen molar-refractivity contribution in [2.75, 3.05) is 30.0 Å². The molecule has 16 aromatic heterocycles.